The fraction of sp³-hybridized carbons (Fsp3) is 1.00. The summed E-state index contributed by atoms with van der Waals surface area (Å²) in [5, 5.41) is 9.24. The molecule has 1 aliphatic rings. The number of aliphatic hydroxyl groups excluding tert-OH is 1. The molecule has 2 nitrogen and oxygen atoms in total. The van der Waals surface area contributed by atoms with Gasteiger partial charge in [-0.1, -0.05) is 6.42 Å². The van der Waals surface area contributed by atoms with E-state index in [9.17, 15) is 5.11 Å². The second kappa shape index (κ2) is 6.12. The van der Waals surface area contributed by atoms with E-state index in [0.717, 1.165) is 13.0 Å². The number of rotatable bonds is 7. The van der Waals surface area contributed by atoms with Crippen LogP contribution < -0.4 is 0 Å². The molecular formula is C12H25NOS. The molecule has 1 saturated carbocycles. The molecule has 0 spiro atoms. The van der Waals surface area contributed by atoms with Crippen molar-refractivity contribution in [1.29, 1.82) is 0 Å². The molecule has 0 aromatic heterocycles. The molecule has 1 N–H and O–H groups in total. The molecule has 1 atom stereocenters. The van der Waals surface area contributed by atoms with Crippen LogP contribution in [-0.4, -0.2) is 48.3 Å². The first-order valence-corrected chi connectivity index (χ1v) is 7.33. The van der Waals surface area contributed by atoms with Crippen molar-refractivity contribution in [2.75, 3.05) is 32.1 Å². The molecule has 0 aromatic carbocycles. The molecule has 0 bridgehead atoms. The smallest absolute Gasteiger partial charge is 0.0524 e. The van der Waals surface area contributed by atoms with Crippen molar-refractivity contribution in [3.63, 3.8) is 0 Å². The van der Waals surface area contributed by atoms with Gasteiger partial charge in [-0.2, -0.15) is 11.8 Å². The number of thioether (sulfide) groups is 1. The summed E-state index contributed by atoms with van der Waals surface area (Å²) in [5.41, 5.74) is 0.590. The predicted octanol–water partition coefficient (Wildman–Crippen LogP) is 2.22. The summed E-state index contributed by atoms with van der Waals surface area (Å²) >= 11 is 1.97. The summed E-state index contributed by atoms with van der Waals surface area (Å²) in [6, 6.07) is 0. The van der Waals surface area contributed by atoms with Gasteiger partial charge in [0, 0.05) is 13.1 Å². The largest absolute Gasteiger partial charge is 0.393 e. The first kappa shape index (κ1) is 13.3. The maximum absolute atomic E-state index is 9.24. The van der Waals surface area contributed by atoms with Crippen molar-refractivity contribution in [3.8, 4) is 0 Å². The number of nitrogens with zero attached hydrogens (tertiary/aromatic N) is 1. The highest BCUT2D eigenvalue weighted by Crippen LogP contribution is 2.43. The van der Waals surface area contributed by atoms with E-state index in [4.69, 9.17) is 0 Å². The van der Waals surface area contributed by atoms with Crippen molar-refractivity contribution >= 4 is 11.8 Å². The molecule has 0 heterocycles. The van der Waals surface area contributed by atoms with E-state index in [1.807, 2.05) is 18.7 Å². The summed E-state index contributed by atoms with van der Waals surface area (Å²) in [5.74, 6) is 1.30. The average molecular weight is 231 g/mol. The van der Waals surface area contributed by atoms with Gasteiger partial charge in [-0.15, -0.1) is 0 Å². The molecule has 0 radical (unpaired) electrons. The highest BCUT2D eigenvalue weighted by Gasteiger charge is 2.37. The molecule has 1 fully saturated rings. The topological polar surface area (TPSA) is 23.5 Å². The van der Waals surface area contributed by atoms with Crippen LogP contribution in [-0.2, 0) is 0 Å². The minimum Gasteiger partial charge on any atom is -0.393 e. The van der Waals surface area contributed by atoms with E-state index in [1.165, 1.54) is 31.6 Å². The van der Waals surface area contributed by atoms with Crippen LogP contribution in [0.4, 0.5) is 0 Å². The Labute approximate surface area is 98.4 Å². The summed E-state index contributed by atoms with van der Waals surface area (Å²) in [7, 11) is 2.18. The lowest BCUT2D eigenvalue weighted by atomic mass is 9.70. The third kappa shape index (κ3) is 4.33. The lowest BCUT2D eigenvalue weighted by molar-refractivity contribution is 0.0921. The Balaban J connectivity index is 2.25. The minimum absolute atomic E-state index is 0.162. The maximum Gasteiger partial charge on any atom is 0.0524 e. The number of hydrogen-bond acceptors (Lipinski definition) is 3. The van der Waals surface area contributed by atoms with E-state index >= 15 is 0 Å². The van der Waals surface area contributed by atoms with Crippen LogP contribution in [0.25, 0.3) is 0 Å². The number of aliphatic hydroxyl groups is 1. The Kier molecular flexibility index (Phi) is 5.44. The third-order valence-electron chi connectivity index (χ3n) is 3.40. The fourth-order valence-corrected chi connectivity index (χ4v) is 3.38. The van der Waals surface area contributed by atoms with E-state index in [0.29, 0.717) is 5.41 Å². The zero-order valence-corrected chi connectivity index (χ0v) is 11.1. The van der Waals surface area contributed by atoms with Crippen molar-refractivity contribution < 1.29 is 5.11 Å². The van der Waals surface area contributed by atoms with Gasteiger partial charge >= 0.3 is 0 Å². The second-order valence-corrected chi connectivity index (χ2v) is 6.03. The zero-order valence-electron chi connectivity index (χ0n) is 10.3. The van der Waals surface area contributed by atoms with Crippen LogP contribution in [0.3, 0.4) is 0 Å². The Bertz CT molecular complexity index is 180. The highest BCUT2D eigenvalue weighted by molar-refractivity contribution is 7.98. The lowest BCUT2D eigenvalue weighted by Gasteiger charge is -2.44. The second-order valence-electron chi connectivity index (χ2n) is 5.16. The SMILES string of the molecule is CSCC1(CN(C)CC[C@H](C)O)CCC1. The molecule has 0 amide bonds. The molecule has 3 heteroatoms. The van der Waals surface area contributed by atoms with Crippen molar-refractivity contribution in [1.82, 2.24) is 4.90 Å². The molecular weight excluding hydrogens is 206 g/mol. The Morgan fingerprint density at radius 3 is 2.53 bits per heavy atom. The Hall–Kier alpha value is 0.270. The quantitative estimate of drug-likeness (QED) is 0.727. The summed E-state index contributed by atoms with van der Waals surface area (Å²) < 4.78 is 0. The molecule has 1 rings (SSSR count). The summed E-state index contributed by atoms with van der Waals surface area (Å²) in [4.78, 5) is 2.39. The summed E-state index contributed by atoms with van der Waals surface area (Å²) in [6.45, 7) is 4.10. The lowest BCUT2D eigenvalue weighted by Crippen LogP contribution is -2.43. The van der Waals surface area contributed by atoms with Gasteiger partial charge in [0.05, 0.1) is 6.10 Å². The van der Waals surface area contributed by atoms with Crippen LogP contribution in [0.5, 0.6) is 0 Å². The van der Waals surface area contributed by atoms with Crippen LogP contribution in [0, 0.1) is 5.41 Å². The van der Waals surface area contributed by atoms with Gasteiger partial charge in [-0.3, -0.25) is 0 Å². The van der Waals surface area contributed by atoms with Gasteiger partial charge in [0.1, 0.15) is 0 Å². The van der Waals surface area contributed by atoms with Crippen molar-refractivity contribution in [3.05, 3.63) is 0 Å². The Morgan fingerprint density at radius 1 is 1.47 bits per heavy atom. The maximum atomic E-state index is 9.24. The van der Waals surface area contributed by atoms with Crippen molar-refractivity contribution in [2.45, 2.75) is 38.7 Å². The molecule has 1 aliphatic carbocycles. The van der Waals surface area contributed by atoms with E-state index in [1.54, 1.807) is 0 Å². The first-order chi connectivity index (χ1) is 7.08. The minimum atomic E-state index is -0.162. The van der Waals surface area contributed by atoms with E-state index < -0.39 is 0 Å². The zero-order chi connectivity index (χ0) is 11.3. The van der Waals surface area contributed by atoms with Gasteiger partial charge in [0.25, 0.3) is 0 Å². The predicted molar refractivity (Wildman–Crippen MR) is 68.5 cm³/mol. The fourth-order valence-electron chi connectivity index (χ4n) is 2.39. The molecule has 0 saturated heterocycles. The van der Waals surface area contributed by atoms with Crippen LogP contribution in [0.2, 0.25) is 0 Å². The molecule has 90 valence electrons. The van der Waals surface area contributed by atoms with Crippen LogP contribution >= 0.6 is 11.8 Å². The van der Waals surface area contributed by atoms with E-state index in [-0.39, 0.29) is 6.10 Å². The number of hydrogen-bond donors (Lipinski definition) is 1. The van der Waals surface area contributed by atoms with Gasteiger partial charge < -0.3 is 10.0 Å². The first-order valence-electron chi connectivity index (χ1n) is 5.93. The van der Waals surface area contributed by atoms with Gasteiger partial charge in [-0.25, -0.2) is 0 Å². The molecule has 0 aliphatic heterocycles. The Morgan fingerprint density at radius 2 is 2.13 bits per heavy atom. The van der Waals surface area contributed by atoms with Gasteiger partial charge in [0.15, 0.2) is 0 Å². The normalized spacial score (nSPS) is 21.4. The third-order valence-corrected chi connectivity index (χ3v) is 4.30. The molecule has 0 aromatic rings. The van der Waals surface area contributed by atoms with Gasteiger partial charge in [-0.05, 0) is 50.7 Å². The summed E-state index contributed by atoms with van der Waals surface area (Å²) in [6.07, 6.45) is 7.14. The monoisotopic (exact) mass is 231 g/mol. The standard InChI is InChI=1S/C12H25NOS/c1-11(14)5-8-13(2)9-12(10-15-3)6-4-7-12/h11,14H,4-10H2,1-3H3/t11-/m0/s1. The van der Waals surface area contributed by atoms with Crippen molar-refractivity contribution in [2.24, 2.45) is 5.41 Å². The average Bonchev–Trinajstić information content (AvgIpc) is 2.11. The van der Waals surface area contributed by atoms with Gasteiger partial charge in [0.2, 0.25) is 0 Å². The van der Waals surface area contributed by atoms with E-state index in [2.05, 4.69) is 18.2 Å². The van der Waals surface area contributed by atoms with Crippen LogP contribution in [0.1, 0.15) is 32.6 Å². The van der Waals surface area contributed by atoms with Crippen LogP contribution in [0.15, 0.2) is 0 Å². The molecule has 0 unspecified atom stereocenters. The highest BCUT2D eigenvalue weighted by atomic mass is 32.2. The molecule has 15 heavy (non-hydrogen) atoms.